The van der Waals surface area contributed by atoms with E-state index in [-0.39, 0.29) is 18.4 Å². The van der Waals surface area contributed by atoms with E-state index in [1.54, 1.807) is 0 Å². The minimum atomic E-state index is -0.315. The van der Waals surface area contributed by atoms with Crippen molar-refractivity contribution in [2.24, 2.45) is 0 Å². The highest BCUT2D eigenvalue weighted by atomic mass is 35.5. The summed E-state index contributed by atoms with van der Waals surface area (Å²) >= 11 is 6.06. The van der Waals surface area contributed by atoms with E-state index in [0.717, 1.165) is 17.1 Å². The maximum absolute atomic E-state index is 6.16. The third-order valence-electron chi connectivity index (χ3n) is 3.84. The molecule has 0 radical (unpaired) electrons. The van der Waals surface area contributed by atoms with Crippen molar-refractivity contribution in [3.8, 4) is 0 Å². The Hall–Kier alpha value is -1.39. The molecule has 1 aliphatic heterocycles. The molecule has 1 fully saturated rings. The summed E-state index contributed by atoms with van der Waals surface area (Å²) in [5, 5.41) is 4.20. The van der Waals surface area contributed by atoms with Gasteiger partial charge in [-0.1, -0.05) is 54.1 Å². The van der Waals surface area contributed by atoms with Crippen LogP contribution >= 0.6 is 11.6 Å². The van der Waals surface area contributed by atoms with Crippen molar-refractivity contribution in [3.05, 3.63) is 70.7 Å². The van der Waals surface area contributed by atoms with Gasteiger partial charge in [-0.05, 0) is 30.2 Å². The lowest BCUT2D eigenvalue weighted by Crippen LogP contribution is -2.43. The second-order valence-corrected chi connectivity index (χ2v) is 5.85. The average Bonchev–Trinajstić information content (AvgIpc) is 2.56. The van der Waals surface area contributed by atoms with E-state index in [4.69, 9.17) is 21.1 Å². The van der Waals surface area contributed by atoms with E-state index < -0.39 is 0 Å². The summed E-state index contributed by atoms with van der Waals surface area (Å²) < 4.78 is 12.0. The number of benzene rings is 2. The second kappa shape index (κ2) is 7.25. The van der Waals surface area contributed by atoms with Crippen molar-refractivity contribution in [3.63, 3.8) is 0 Å². The molecule has 4 heteroatoms. The minimum absolute atomic E-state index is 0.0385. The largest absolute Gasteiger partial charge is 0.349 e. The summed E-state index contributed by atoms with van der Waals surface area (Å²) in [7, 11) is 0. The van der Waals surface area contributed by atoms with Crippen LogP contribution in [0.5, 0.6) is 0 Å². The average molecular weight is 318 g/mol. The lowest BCUT2D eigenvalue weighted by molar-refractivity contribution is -0.200. The molecule has 3 atom stereocenters. The lowest BCUT2D eigenvalue weighted by Gasteiger charge is -2.34. The summed E-state index contributed by atoms with van der Waals surface area (Å²) in [5.74, 6) is 0. The number of rotatable bonds is 4. The van der Waals surface area contributed by atoms with Gasteiger partial charge in [0.2, 0.25) is 0 Å². The molecule has 1 heterocycles. The van der Waals surface area contributed by atoms with Crippen LogP contribution in [0.1, 0.15) is 30.2 Å². The SMILES string of the molecule is C[C@@H](O[C@H]1OCCN[C@H]1c1ccccc1)c1cccc(Cl)c1. The van der Waals surface area contributed by atoms with Gasteiger partial charge >= 0.3 is 0 Å². The molecule has 3 rings (SSSR count). The van der Waals surface area contributed by atoms with Gasteiger partial charge in [-0.2, -0.15) is 0 Å². The zero-order chi connectivity index (χ0) is 15.4. The molecule has 0 aromatic heterocycles. The van der Waals surface area contributed by atoms with E-state index in [1.807, 2.05) is 49.4 Å². The monoisotopic (exact) mass is 317 g/mol. The van der Waals surface area contributed by atoms with Crippen LogP contribution < -0.4 is 5.32 Å². The zero-order valence-corrected chi connectivity index (χ0v) is 13.3. The number of morpholine rings is 1. The number of nitrogens with one attached hydrogen (secondary N) is 1. The van der Waals surface area contributed by atoms with Crippen LogP contribution in [-0.2, 0) is 9.47 Å². The third-order valence-corrected chi connectivity index (χ3v) is 4.07. The van der Waals surface area contributed by atoms with E-state index in [9.17, 15) is 0 Å². The Bertz CT molecular complexity index is 605. The maximum atomic E-state index is 6.16. The smallest absolute Gasteiger partial charge is 0.177 e. The summed E-state index contributed by atoms with van der Waals surface area (Å²) in [6.07, 6.45) is -0.403. The zero-order valence-electron chi connectivity index (χ0n) is 12.5. The molecule has 116 valence electrons. The first-order valence-corrected chi connectivity index (χ1v) is 7.93. The van der Waals surface area contributed by atoms with Crippen molar-refractivity contribution in [1.82, 2.24) is 5.32 Å². The third kappa shape index (κ3) is 3.68. The molecule has 1 saturated heterocycles. The number of ether oxygens (including phenoxy) is 2. The van der Waals surface area contributed by atoms with Crippen molar-refractivity contribution < 1.29 is 9.47 Å². The second-order valence-electron chi connectivity index (χ2n) is 5.41. The predicted molar refractivity (Wildman–Crippen MR) is 87.9 cm³/mol. The van der Waals surface area contributed by atoms with Gasteiger partial charge in [0.25, 0.3) is 0 Å². The van der Waals surface area contributed by atoms with Crippen LogP contribution in [0.3, 0.4) is 0 Å². The molecule has 0 saturated carbocycles. The number of hydrogen-bond acceptors (Lipinski definition) is 3. The molecular formula is C18H20ClNO2. The molecule has 22 heavy (non-hydrogen) atoms. The van der Waals surface area contributed by atoms with Crippen LogP contribution in [0.15, 0.2) is 54.6 Å². The van der Waals surface area contributed by atoms with Gasteiger partial charge in [-0.3, -0.25) is 0 Å². The van der Waals surface area contributed by atoms with Crippen LogP contribution in [0.4, 0.5) is 0 Å². The minimum Gasteiger partial charge on any atom is -0.349 e. The Morgan fingerprint density at radius 3 is 2.77 bits per heavy atom. The highest BCUT2D eigenvalue weighted by molar-refractivity contribution is 6.30. The van der Waals surface area contributed by atoms with Crippen LogP contribution in [-0.4, -0.2) is 19.4 Å². The standard InChI is InChI=1S/C18H20ClNO2/c1-13(15-8-5-9-16(19)12-15)22-18-17(20-10-11-21-18)14-6-3-2-4-7-14/h2-9,12-13,17-18,20H,10-11H2,1H3/t13-,17+,18-/m1/s1. The Balaban J connectivity index is 1.74. The fourth-order valence-corrected chi connectivity index (χ4v) is 2.87. The first-order valence-electron chi connectivity index (χ1n) is 7.55. The van der Waals surface area contributed by atoms with Gasteiger partial charge in [0.15, 0.2) is 6.29 Å². The molecule has 0 spiro atoms. The molecule has 1 aliphatic rings. The van der Waals surface area contributed by atoms with Crippen LogP contribution in [0, 0.1) is 0 Å². The maximum Gasteiger partial charge on any atom is 0.177 e. The molecular weight excluding hydrogens is 298 g/mol. The summed E-state index contributed by atoms with van der Waals surface area (Å²) in [6, 6.07) is 18.0. The summed E-state index contributed by atoms with van der Waals surface area (Å²) in [6.45, 7) is 3.49. The Labute approximate surface area is 136 Å². The molecule has 2 aromatic rings. The molecule has 0 bridgehead atoms. The Morgan fingerprint density at radius 1 is 1.18 bits per heavy atom. The normalized spacial score (nSPS) is 23.2. The number of hydrogen-bond donors (Lipinski definition) is 1. The first kappa shape index (κ1) is 15.5. The van der Waals surface area contributed by atoms with E-state index in [2.05, 4.69) is 17.4 Å². The number of halogens is 1. The van der Waals surface area contributed by atoms with Gasteiger partial charge in [-0.15, -0.1) is 0 Å². The van der Waals surface area contributed by atoms with Crippen molar-refractivity contribution in [2.75, 3.05) is 13.2 Å². The highest BCUT2D eigenvalue weighted by Crippen LogP contribution is 2.28. The van der Waals surface area contributed by atoms with Crippen molar-refractivity contribution in [2.45, 2.75) is 25.4 Å². The van der Waals surface area contributed by atoms with Crippen molar-refractivity contribution >= 4 is 11.6 Å². The van der Waals surface area contributed by atoms with E-state index in [0.29, 0.717) is 6.61 Å². The fraction of sp³-hybridized carbons (Fsp3) is 0.333. The van der Waals surface area contributed by atoms with Gasteiger partial charge in [0, 0.05) is 11.6 Å². The molecule has 3 nitrogen and oxygen atoms in total. The van der Waals surface area contributed by atoms with Gasteiger partial charge in [0.05, 0.1) is 18.8 Å². The summed E-state index contributed by atoms with van der Waals surface area (Å²) in [5.41, 5.74) is 2.22. The van der Waals surface area contributed by atoms with Gasteiger partial charge in [-0.25, -0.2) is 0 Å². The van der Waals surface area contributed by atoms with E-state index in [1.165, 1.54) is 5.56 Å². The topological polar surface area (TPSA) is 30.5 Å². The predicted octanol–water partition coefficient (Wildman–Crippen LogP) is 4.10. The first-order chi connectivity index (χ1) is 10.7. The quantitative estimate of drug-likeness (QED) is 0.920. The summed E-state index contributed by atoms with van der Waals surface area (Å²) in [4.78, 5) is 0. The van der Waals surface area contributed by atoms with Crippen molar-refractivity contribution in [1.29, 1.82) is 0 Å². The Morgan fingerprint density at radius 2 is 2.00 bits per heavy atom. The van der Waals surface area contributed by atoms with Gasteiger partial charge < -0.3 is 14.8 Å². The molecule has 0 amide bonds. The van der Waals surface area contributed by atoms with E-state index >= 15 is 0 Å². The highest BCUT2D eigenvalue weighted by Gasteiger charge is 2.29. The fourth-order valence-electron chi connectivity index (χ4n) is 2.67. The lowest BCUT2D eigenvalue weighted by atomic mass is 10.1. The molecule has 2 aromatic carbocycles. The van der Waals surface area contributed by atoms with Crippen LogP contribution in [0.2, 0.25) is 5.02 Å². The van der Waals surface area contributed by atoms with Crippen LogP contribution in [0.25, 0.3) is 0 Å². The van der Waals surface area contributed by atoms with Gasteiger partial charge in [0.1, 0.15) is 0 Å². The molecule has 0 aliphatic carbocycles. The molecule has 1 N–H and O–H groups in total. The Kier molecular flexibility index (Phi) is 5.11. The molecule has 0 unspecified atom stereocenters.